The number of benzene rings is 2. The zero-order valence-electron chi connectivity index (χ0n) is 15.3. The first-order chi connectivity index (χ1) is 13.1. The van der Waals surface area contributed by atoms with Gasteiger partial charge in [-0.15, -0.1) is 0 Å². The van der Waals surface area contributed by atoms with Gasteiger partial charge >= 0.3 is 5.97 Å². The molecule has 0 fully saturated rings. The molecule has 0 unspecified atom stereocenters. The summed E-state index contributed by atoms with van der Waals surface area (Å²) < 4.78 is 6.51. The monoisotopic (exact) mass is 363 g/mol. The lowest BCUT2D eigenvalue weighted by Crippen LogP contribution is -2.24. The van der Waals surface area contributed by atoms with E-state index < -0.39 is 11.9 Å². The zero-order chi connectivity index (χ0) is 19.2. The van der Waals surface area contributed by atoms with Crippen LogP contribution in [0.1, 0.15) is 34.3 Å². The second kappa shape index (κ2) is 8.31. The summed E-state index contributed by atoms with van der Waals surface area (Å²) in [5.74, 6) is -0.967. The Bertz CT molecular complexity index is 881. The molecule has 0 radical (unpaired) electrons. The van der Waals surface area contributed by atoms with E-state index in [9.17, 15) is 9.59 Å². The highest BCUT2D eigenvalue weighted by Gasteiger charge is 2.26. The number of nitrogens with one attached hydrogen (secondary N) is 1. The van der Waals surface area contributed by atoms with Crippen LogP contribution >= 0.6 is 0 Å². The second-order valence-electron chi connectivity index (χ2n) is 5.99. The fraction of sp³-hybridized carbons (Fsp3) is 0.190. The van der Waals surface area contributed by atoms with Crippen LogP contribution in [-0.4, -0.2) is 28.3 Å². The third-order valence-electron chi connectivity index (χ3n) is 4.20. The summed E-state index contributed by atoms with van der Waals surface area (Å²) in [6, 6.07) is 19.0. The average Bonchev–Trinajstić information content (AvgIpc) is 3.04. The van der Waals surface area contributed by atoms with Gasteiger partial charge in [0.05, 0.1) is 18.7 Å². The quantitative estimate of drug-likeness (QED) is 0.682. The summed E-state index contributed by atoms with van der Waals surface area (Å²) in [7, 11) is 1.67. The van der Waals surface area contributed by atoms with Crippen molar-refractivity contribution in [1.82, 2.24) is 9.78 Å². The van der Waals surface area contributed by atoms with Crippen LogP contribution in [0.4, 0.5) is 5.82 Å². The van der Waals surface area contributed by atoms with Crippen molar-refractivity contribution < 1.29 is 14.3 Å². The number of amides is 1. The maximum atomic E-state index is 13.2. The van der Waals surface area contributed by atoms with Gasteiger partial charge in [-0.3, -0.25) is 9.48 Å². The number of hydrogen-bond donors (Lipinski definition) is 1. The van der Waals surface area contributed by atoms with Crippen molar-refractivity contribution >= 4 is 17.7 Å². The number of hydrogen-bond acceptors (Lipinski definition) is 4. The summed E-state index contributed by atoms with van der Waals surface area (Å²) >= 11 is 0. The molecule has 0 spiro atoms. The van der Waals surface area contributed by atoms with Crippen molar-refractivity contribution in [2.75, 3.05) is 11.9 Å². The lowest BCUT2D eigenvalue weighted by Gasteiger charge is -2.18. The summed E-state index contributed by atoms with van der Waals surface area (Å²) in [5.41, 5.74) is 1.95. The van der Waals surface area contributed by atoms with Gasteiger partial charge in [-0.05, 0) is 18.1 Å². The fourth-order valence-corrected chi connectivity index (χ4v) is 2.92. The van der Waals surface area contributed by atoms with Crippen molar-refractivity contribution in [3.63, 3.8) is 0 Å². The van der Waals surface area contributed by atoms with Gasteiger partial charge in [0.15, 0.2) is 0 Å². The van der Waals surface area contributed by atoms with Crippen molar-refractivity contribution in [3.05, 3.63) is 83.6 Å². The van der Waals surface area contributed by atoms with Crippen LogP contribution in [-0.2, 0) is 16.6 Å². The lowest BCUT2D eigenvalue weighted by molar-refractivity contribution is -0.116. The van der Waals surface area contributed by atoms with E-state index in [1.54, 1.807) is 14.0 Å². The largest absolute Gasteiger partial charge is 0.462 e. The molecule has 1 heterocycles. The van der Waals surface area contributed by atoms with Crippen LogP contribution in [0.15, 0.2) is 66.9 Å². The van der Waals surface area contributed by atoms with Crippen LogP contribution in [0.3, 0.4) is 0 Å². The van der Waals surface area contributed by atoms with Crippen LogP contribution in [0, 0.1) is 0 Å². The standard InChI is InChI=1S/C21H21N3O3/c1-3-27-21(26)17-14-22-24(2)19(17)23-20(25)18(15-10-6-4-7-11-15)16-12-8-5-9-13-16/h4-14,18H,3H2,1-2H3,(H,23,25). The van der Waals surface area contributed by atoms with Crippen LogP contribution in [0.2, 0.25) is 0 Å². The molecule has 1 aromatic heterocycles. The van der Waals surface area contributed by atoms with Crippen LogP contribution in [0.25, 0.3) is 0 Å². The molecule has 0 saturated heterocycles. The molecule has 1 N–H and O–H groups in total. The predicted molar refractivity (Wildman–Crippen MR) is 103 cm³/mol. The van der Waals surface area contributed by atoms with E-state index in [0.717, 1.165) is 11.1 Å². The summed E-state index contributed by atoms with van der Waals surface area (Å²) in [6.07, 6.45) is 1.40. The van der Waals surface area contributed by atoms with Gasteiger partial charge in [0, 0.05) is 7.05 Å². The molecule has 27 heavy (non-hydrogen) atoms. The molecule has 3 rings (SSSR count). The van der Waals surface area contributed by atoms with Crippen molar-refractivity contribution in [2.45, 2.75) is 12.8 Å². The molecule has 3 aromatic rings. The third-order valence-corrected chi connectivity index (χ3v) is 4.20. The van der Waals surface area contributed by atoms with Crippen LogP contribution < -0.4 is 5.32 Å². The van der Waals surface area contributed by atoms with Gasteiger partial charge in [0.1, 0.15) is 11.4 Å². The normalized spacial score (nSPS) is 10.6. The van der Waals surface area contributed by atoms with E-state index in [1.165, 1.54) is 10.9 Å². The second-order valence-corrected chi connectivity index (χ2v) is 5.99. The molecule has 6 heteroatoms. The average molecular weight is 363 g/mol. The van der Waals surface area contributed by atoms with Gasteiger partial charge in [-0.25, -0.2) is 4.79 Å². The number of rotatable bonds is 6. The SMILES string of the molecule is CCOC(=O)c1cnn(C)c1NC(=O)C(c1ccccc1)c1ccccc1. The molecule has 0 bridgehead atoms. The summed E-state index contributed by atoms with van der Waals surface area (Å²) in [5, 5.41) is 6.93. The van der Waals surface area contributed by atoms with E-state index in [-0.39, 0.29) is 18.1 Å². The smallest absolute Gasteiger partial charge is 0.343 e. The minimum atomic E-state index is -0.517. The number of esters is 1. The van der Waals surface area contributed by atoms with E-state index in [1.807, 2.05) is 60.7 Å². The Morgan fingerprint density at radius 3 is 2.11 bits per heavy atom. The minimum Gasteiger partial charge on any atom is -0.462 e. The minimum absolute atomic E-state index is 0.229. The number of carbonyl (C=O) groups excluding carboxylic acids is 2. The number of anilines is 1. The number of carbonyl (C=O) groups is 2. The molecule has 1 amide bonds. The molecule has 0 atom stereocenters. The van der Waals surface area contributed by atoms with E-state index in [2.05, 4.69) is 10.4 Å². The maximum absolute atomic E-state index is 13.2. The first kappa shape index (κ1) is 18.4. The van der Waals surface area contributed by atoms with Gasteiger partial charge < -0.3 is 10.1 Å². The maximum Gasteiger partial charge on any atom is 0.343 e. The first-order valence-electron chi connectivity index (χ1n) is 8.71. The molecule has 2 aromatic carbocycles. The Kier molecular flexibility index (Phi) is 5.66. The molecule has 0 saturated carbocycles. The molecular formula is C21H21N3O3. The highest BCUT2D eigenvalue weighted by Crippen LogP contribution is 2.27. The number of ether oxygens (including phenoxy) is 1. The van der Waals surface area contributed by atoms with Crippen molar-refractivity contribution in [2.24, 2.45) is 7.05 Å². The van der Waals surface area contributed by atoms with Gasteiger partial charge in [-0.2, -0.15) is 5.10 Å². The molecule has 0 aliphatic carbocycles. The first-order valence-corrected chi connectivity index (χ1v) is 8.71. The molecule has 0 aliphatic rings. The van der Waals surface area contributed by atoms with Crippen molar-refractivity contribution in [1.29, 1.82) is 0 Å². The molecule has 0 aliphatic heterocycles. The van der Waals surface area contributed by atoms with E-state index in [4.69, 9.17) is 4.74 Å². The molecule has 6 nitrogen and oxygen atoms in total. The lowest BCUT2D eigenvalue weighted by atomic mass is 9.90. The Morgan fingerprint density at radius 2 is 1.59 bits per heavy atom. The van der Waals surface area contributed by atoms with Gasteiger partial charge in [-0.1, -0.05) is 60.7 Å². The Balaban J connectivity index is 1.95. The van der Waals surface area contributed by atoms with Crippen molar-refractivity contribution in [3.8, 4) is 0 Å². The van der Waals surface area contributed by atoms with Crippen LogP contribution in [0.5, 0.6) is 0 Å². The fourth-order valence-electron chi connectivity index (χ4n) is 2.92. The highest BCUT2D eigenvalue weighted by molar-refractivity contribution is 6.03. The Hall–Kier alpha value is -3.41. The zero-order valence-corrected chi connectivity index (χ0v) is 15.3. The Labute approximate surface area is 157 Å². The summed E-state index contributed by atoms with van der Waals surface area (Å²) in [6.45, 7) is 1.98. The number of aryl methyl sites for hydroxylation is 1. The van der Waals surface area contributed by atoms with E-state index >= 15 is 0 Å². The van der Waals surface area contributed by atoms with E-state index in [0.29, 0.717) is 5.82 Å². The number of nitrogens with zero attached hydrogens (tertiary/aromatic N) is 2. The molecular weight excluding hydrogens is 342 g/mol. The third kappa shape index (κ3) is 4.06. The Morgan fingerprint density at radius 1 is 1.04 bits per heavy atom. The number of aromatic nitrogens is 2. The predicted octanol–water partition coefficient (Wildman–Crippen LogP) is 3.37. The summed E-state index contributed by atoms with van der Waals surface area (Å²) in [4.78, 5) is 25.3. The topological polar surface area (TPSA) is 73.2 Å². The molecule has 138 valence electrons. The van der Waals surface area contributed by atoms with Gasteiger partial charge in [0.25, 0.3) is 0 Å². The highest BCUT2D eigenvalue weighted by atomic mass is 16.5. The van der Waals surface area contributed by atoms with Gasteiger partial charge in [0.2, 0.25) is 5.91 Å².